The minimum atomic E-state index is -0.938. The lowest BCUT2D eigenvalue weighted by atomic mass is 9.81. The van der Waals surface area contributed by atoms with Crippen LogP contribution in [0.3, 0.4) is 0 Å². The Kier molecular flexibility index (Phi) is 5.49. The average Bonchev–Trinajstić information content (AvgIpc) is 3.18. The quantitative estimate of drug-likeness (QED) is 0.456. The molecule has 1 aliphatic heterocycles. The molecule has 0 bridgehead atoms. The van der Waals surface area contributed by atoms with Gasteiger partial charge in [0, 0.05) is 17.9 Å². The first kappa shape index (κ1) is 21.3. The van der Waals surface area contributed by atoms with Gasteiger partial charge in [0.15, 0.2) is 0 Å². The van der Waals surface area contributed by atoms with E-state index in [4.69, 9.17) is 14.7 Å². The normalized spacial score (nSPS) is 34.7. The Morgan fingerprint density at radius 1 is 1.35 bits per heavy atom. The third-order valence-corrected chi connectivity index (χ3v) is 7.16. The molecule has 162 valence electrons. The highest BCUT2D eigenvalue weighted by Gasteiger charge is 2.55. The van der Waals surface area contributed by atoms with E-state index in [0.717, 1.165) is 23.1 Å². The Labute approximate surface area is 182 Å². The van der Waals surface area contributed by atoms with Crippen molar-refractivity contribution in [2.45, 2.75) is 57.8 Å². The van der Waals surface area contributed by atoms with Crippen molar-refractivity contribution in [1.82, 2.24) is 0 Å². The van der Waals surface area contributed by atoms with Gasteiger partial charge in [0.2, 0.25) is 0 Å². The van der Waals surface area contributed by atoms with Crippen molar-refractivity contribution in [2.75, 3.05) is 0 Å². The molecule has 1 unspecified atom stereocenters. The summed E-state index contributed by atoms with van der Waals surface area (Å²) in [4.78, 5) is 24.7. The molecule has 1 saturated carbocycles. The van der Waals surface area contributed by atoms with Gasteiger partial charge in [0.1, 0.15) is 12.2 Å². The highest BCUT2D eigenvalue weighted by molar-refractivity contribution is 5.87. The number of nitrogens with zero attached hydrogens (tertiary/aromatic N) is 1. The lowest BCUT2D eigenvalue weighted by Gasteiger charge is -2.31. The maximum absolute atomic E-state index is 12.5. The predicted molar refractivity (Wildman–Crippen MR) is 113 cm³/mol. The first-order chi connectivity index (χ1) is 14.7. The second kappa shape index (κ2) is 7.97. The van der Waals surface area contributed by atoms with Gasteiger partial charge in [-0.2, -0.15) is 5.26 Å². The third kappa shape index (κ3) is 3.90. The minimum Gasteiger partial charge on any atom is -0.457 e. The van der Waals surface area contributed by atoms with Crippen LogP contribution in [0, 0.1) is 29.1 Å². The van der Waals surface area contributed by atoms with E-state index >= 15 is 0 Å². The predicted octanol–water partition coefficient (Wildman–Crippen LogP) is 3.54. The summed E-state index contributed by atoms with van der Waals surface area (Å²) in [5.74, 6) is -1.03. The standard InChI is InChI=1S/C25H27NO5/c1-14-18-10-11-25(3,29)19-12-20(15(2)22(19)23(18)31-24(14)28)30-21(27)9-8-16-4-6-17(13-26)7-5-16/h4-9,14,18-20,23,29H,10-12H2,1-3H3/b9-8+/t14-,18-,19?,20-,23-,25+/m0/s1. The summed E-state index contributed by atoms with van der Waals surface area (Å²) < 4.78 is 11.5. The summed E-state index contributed by atoms with van der Waals surface area (Å²) in [5, 5.41) is 20.0. The number of esters is 2. The largest absolute Gasteiger partial charge is 0.457 e. The van der Waals surface area contributed by atoms with Gasteiger partial charge in [-0.05, 0) is 68.0 Å². The molecule has 6 atom stereocenters. The fourth-order valence-electron chi connectivity index (χ4n) is 5.22. The smallest absolute Gasteiger partial charge is 0.331 e. The Hall–Kier alpha value is -2.91. The van der Waals surface area contributed by atoms with Crippen molar-refractivity contribution >= 4 is 18.0 Å². The molecule has 31 heavy (non-hydrogen) atoms. The van der Waals surface area contributed by atoms with Crippen LogP contribution in [0.4, 0.5) is 0 Å². The highest BCUT2D eigenvalue weighted by Crippen LogP contribution is 2.52. The van der Waals surface area contributed by atoms with Gasteiger partial charge in [0.05, 0.1) is 23.2 Å². The molecule has 6 heteroatoms. The van der Waals surface area contributed by atoms with Crippen LogP contribution in [0.15, 0.2) is 41.5 Å². The highest BCUT2D eigenvalue weighted by atomic mass is 16.6. The summed E-state index contributed by atoms with van der Waals surface area (Å²) in [6, 6.07) is 8.95. The van der Waals surface area contributed by atoms with E-state index in [2.05, 4.69) is 6.07 Å². The van der Waals surface area contributed by atoms with E-state index in [1.54, 1.807) is 30.3 Å². The first-order valence-electron chi connectivity index (χ1n) is 10.7. The molecule has 3 aliphatic rings. The fourth-order valence-corrected chi connectivity index (χ4v) is 5.22. The van der Waals surface area contributed by atoms with Gasteiger partial charge >= 0.3 is 11.9 Å². The Morgan fingerprint density at radius 2 is 2.06 bits per heavy atom. The van der Waals surface area contributed by atoms with Crippen LogP contribution in [0.5, 0.6) is 0 Å². The zero-order valence-corrected chi connectivity index (χ0v) is 18.0. The van der Waals surface area contributed by atoms with Crippen LogP contribution >= 0.6 is 0 Å². The number of nitriles is 1. The van der Waals surface area contributed by atoms with E-state index < -0.39 is 17.7 Å². The molecule has 2 fully saturated rings. The zero-order chi connectivity index (χ0) is 22.3. The topological polar surface area (TPSA) is 96.6 Å². The zero-order valence-electron chi connectivity index (χ0n) is 18.0. The van der Waals surface area contributed by atoms with Crippen LogP contribution < -0.4 is 0 Å². The molecule has 0 radical (unpaired) electrons. The summed E-state index contributed by atoms with van der Waals surface area (Å²) in [6.45, 7) is 5.62. The van der Waals surface area contributed by atoms with E-state index in [9.17, 15) is 14.7 Å². The number of hydrogen-bond donors (Lipinski definition) is 1. The molecule has 0 spiro atoms. The monoisotopic (exact) mass is 421 g/mol. The molecule has 1 aromatic rings. The minimum absolute atomic E-state index is 0.0413. The summed E-state index contributed by atoms with van der Waals surface area (Å²) in [6.07, 6.45) is 4.00. The van der Waals surface area contributed by atoms with Gasteiger partial charge in [-0.3, -0.25) is 4.79 Å². The molecule has 1 aromatic carbocycles. The second-order valence-electron chi connectivity index (χ2n) is 9.13. The number of benzene rings is 1. The number of carbonyl (C=O) groups is 2. The van der Waals surface area contributed by atoms with Gasteiger partial charge in [-0.1, -0.05) is 19.1 Å². The lowest BCUT2D eigenvalue weighted by molar-refractivity contribution is -0.143. The number of aliphatic hydroxyl groups is 1. The Bertz CT molecular complexity index is 998. The maximum Gasteiger partial charge on any atom is 0.331 e. The van der Waals surface area contributed by atoms with Crippen LogP contribution in [0.1, 0.15) is 51.2 Å². The van der Waals surface area contributed by atoms with Crippen LogP contribution in [-0.4, -0.2) is 34.9 Å². The van der Waals surface area contributed by atoms with Crippen molar-refractivity contribution in [1.29, 1.82) is 5.26 Å². The molecular weight excluding hydrogens is 394 g/mol. The van der Waals surface area contributed by atoms with E-state index in [1.807, 2.05) is 20.8 Å². The molecule has 6 nitrogen and oxygen atoms in total. The van der Waals surface area contributed by atoms with Crippen LogP contribution in [0.25, 0.3) is 6.08 Å². The van der Waals surface area contributed by atoms with Crippen LogP contribution in [-0.2, 0) is 19.1 Å². The van der Waals surface area contributed by atoms with Crippen molar-refractivity contribution in [3.8, 4) is 6.07 Å². The molecule has 1 N–H and O–H groups in total. The van der Waals surface area contributed by atoms with Crippen molar-refractivity contribution < 1.29 is 24.2 Å². The Morgan fingerprint density at radius 3 is 2.74 bits per heavy atom. The number of carbonyl (C=O) groups excluding carboxylic acids is 2. The summed E-state index contributed by atoms with van der Waals surface area (Å²) in [7, 11) is 0. The van der Waals surface area contributed by atoms with Gasteiger partial charge in [-0.15, -0.1) is 0 Å². The number of ether oxygens (including phenoxy) is 2. The fraction of sp³-hybridized carbons (Fsp3) is 0.480. The van der Waals surface area contributed by atoms with Gasteiger partial charge in [-0.25, -0.2) is 4.79 Å². The Balaban J connectivity index is 1.53. The third-order valence-electron chi connectivity index (χ3n) is 7.16. The number of fused-ring (bicyclic) bond motifs is 3. The molecular formula is C25H27NO5. The number of rotatable bonds is 3. The average molecular weight is 421 g/mol. The summed E-state index contributed by atoms with van der Waals surface area (Å²) in [5.41, 5.74) is 2.22. The molecule has 1 heterocycles. The first-order valence-corrected chi connectivity index (χ1v) is 10.7. The van der Waals surface area contributed by atoms with Crippen LogP contribution in [0.2, 0.25) is 0 Å². The van der Waals surface area contributed by atoms with Crippen molar-refractivity contribution in [3.63, 3.8) is 0 Å². The van der Waals surface area contributed by atoms with E-state index in [-0.39, 0.29) is 29.8 Å². The maximum atomic E-state index is 12.5. The molecule has 1 saturated heterocycles. The van der Waals surface area contributed by atoms with E-state index in [0.29, 0.717) is 18.4 Å². The molecule has 0 amide bonds. The van der Waals surface area contributed by atoms with Crippen molar-refractivity contribution in [3.05, 3.63) is 52.6 Å². The lowest BCUT2D eigenvalue weighted by Crippen LogP contribution is -2.35. The summed E-state index contributed by atoms with van der Waals surface area (Å²) >= 11 is 0. The molecule has 2 aliphatic carbocycles. The van der Waals surface area contributed by atoms with Gasteiger partial charge < -0.3 is 14.6 Å². The molecule has 0 aromatic heterocycles. The SMILES string of the molecule is CC1=C2C(C[C@@H]1OC(=O)/C=C/c1ccc(C#N)cc1)[C@](C)(O)CC[C@H]1[C@H](C)C(=O)O[C@H]21. The number of hydrogen-bond acceptors (Lipinski definition) is 6. The molecule has 4 rings (SSSR count). The van der Waals surface area contributed by atoms with Gasteiger partial charge in [0.25, 0.3) is 0 Å². The second-order valence-corrected chi connectivity index (χ2v) is 9.13. The van der Waals surface area contributed by atoms with Crippen molar-refractivity contribution in [2.24, 2.45) is 17.8 Å². The van der Waals surface area contributed by atoms with E-state index in [1.165, 1.54) is 6.08 Å².